The lowest BCUT2D eigenvalue weighted by molar-refractivity contribution is -0.139. The van der Waals surface area contributed by atoms with Crippen LogP contribution in [-0.4, -0.2) is 57.1 Å². The van der Waals surface area contributed by atoms with Crippen LogP contribution in [0.1, 0.15) is 44.6 Å². The van der Waals surface area contributed by atoms with Gasteiger partial charge in [0, 0.05) is 17.6 Å². The molecule has 2 amide bonds. The number of halogens is 2. The van der Waals surface area contributed by atoms with Crippen molar-refractivity contribution >= 4 is 50.7 Å². The van der Waals surface area contributed by atoms with Crippen LogP contribution in [0.2, 0.25) is 10.0 Å². The van der Waals surface area contributed by atoms with E-state index in [0.717, 1.165) is 48.2 Å². The summed E-state index contributed by atoms with van der Waals surface area (Å²) >= 11 is 12.4. The van der Waals surface area contributed by atoms with Crippen molar-refractivity contribution in [2.75, 3.05) is 24.2 Å². The van der Waals surface area contributed by atoms with Gasteiger partial charge in [-0.05, 0) is 55.7 Å². The van der Waals surface area contributed by atoms with Crippen LogP contribution in [0.15, 0.2) is 42.5 Å². The zero-order valence-corrected chi connectivity index (χ0v) is 23.6. The minimum Gasteiger partial charge on any atom is -0.497 e. The van der Waals surface area contributed by atoms with Crippen molar-refractivity contribution in [2.45, 2.75) is 57.7 Å². The molecule has 1 N–H and O–H groups in total. The van der Waals surface area contributed by atoms with E-state index in [1.807, 2.05) is 6.07 Å². The Morgan fingerprint density at radius 1 is 1.11 bits per heavy atom. The lowest BCUT2D eigenvalue weighted by Crippen LogP contribution is -2.53. The Bertz CT molecular complexity index is 1220. The third kappa shape index (κ3) is 7.99. The van der Waals surface area contributed by atoms with Gasteiger partial charge in [-0.15, -0.1) is 0 Å². The molecule has 0 unspecified atom stereocenters. The fraction of sp³-hybridized carbons (Fsp3) is 0.462. The first kappa shape index (κ1) is 29.1. The van der Waals surface area contributed by atoms with Crippen molar-refractivity contribution < 1.29 is 22.7 Å². The maximum absolute atomic E-state index is 13.7. The summed E-state index contributed by atoms with van der Waals surface area (Å²) < 4.78 is 31.6. The highest BCUT2D eigenvalue weighted by Crippen LogP contribution is 2.31. The quantitative estimate of drug-likeness (QED) is 0.449. The SMILES string of the molecule is COc1cccc(CN(C(=O)CN(c2cc(Cl)ccc2Cl)S(C)(=O)=O)[C@H](C)C(=O)NC2CCCCC2)c1. The molecule has 0 bridgehead atoms. The summed E-state index contributed by atoms with van der Waals surface area (Å²) in [4.78, 5) is 28.3. The van der Waals surface area contributed by atoms with Gasteiger partial charge in [-0.1, -0.05) is 54.6 Å². The fourth-order valence-electron chi connectivity index (χ4n) is 4.39. The van der Waals surface area contributed by atoms with Crippen molar-refractivity contribution in [3.8, 4) is 5.75 Å². The lowest BCUT2D eigenvalue weighted by atomic mass is 9.95. The highest BCUT2D eigenvalue weighted by molar-refractivity contribution is 7.92. The second kappa shape index (κ2) is 12.8. The number of carbonyl (C=O) groups excluding carboxylic acids is 2. The summed E-state index contributed by atoms with van der Waals surface area (Å²) in [5.74, 6) is -0.238. The molecule has 0 saturated heterocycles. The van der Waals surface area contributed by atoms with Gasteiger partial charge in [-0.2, -0.15) is 0 Å². The molecular formula is C26H33Cl2N3O5S. The van der Waals surface area contributed by atoms with E-state index >= 15 is 0 Å². The number of sulfonamides is 1. The van der Waals surface area contributed by atoms with Crippen molar-refractivity contribution in [2.24, 2.45) is 0 Å². The molecule has 11 heteroatoms. The van der Waals surface area contributed by atoms with E-state index in [4.69, 9.17) is 27.9 Å². The molecule has 3 rings (SSSR count). The van der Waals surface area contributed by atoms with Gasteiger partial charge in [-0.3, -0.25) is 13.9 Å². The molecular weight excluding hydrogens is 537 g/mol. The number of hydrogen-bond donors (Lipinski definition) is 1. The van der Waals surface area contributed by atoms with Gasteiger partial charge in [0.15, 0.2) is 0 Å². The maximum atomic E-state index is 13.7. The van der Waals surface area contributed by atoms with E-state index in [1.165, 1.54) is 23.1 Å². The van der Waals surface area contributed by atoms with Crippen molar-refractivity contribution in [1.82, 2.24) is 10.2 Å². The average Bonchev–Trinajstić information content (AvgIpc) is 2.87. The molecule has 0 heterocycles. The number of methoxy groups -OCH3 is 1. The molecule has 1 saturated carbocycles. The van der Waals surface area contributed by atoms with E-state index in [2.05, 4.69) is 5.32 Å². The summed E-state index contributed by atoms with van der Waals surface area (Å²) in [6.45, 7) is 1.17. The summed E-state index contributed by atoms with van der Waals surface area (Å²) in [5, 5.41) is 3.47. The first-order valence-electron chi connectivity index (χ1n) is 12.1. The monoisotopic (exact) mass is 569 g/mol. The zero-order valence-electron chi connectivity index (χ0n) is 21.2. The molecule has 0 spiro atoms. The molecule has 0 radical (unpaired) electrons. The van der Waals surface area contributed by atoms with E-state index in [0.29, 0.717) is 5.75 Å². The molecule has 202 valence electrons. The number of amides is 2. The Morgan fingerprint density at radius 3 is 2.46 bits per heavy atom. The minimum atomic E-state index is -3.92. The second-order valence-electron chi connectivity index (χ2n) is 9.26. The molecule has 8 nitrogen and oxygen atoms in total. The van der Waals surface area contributed by atoms with Crippen LogP contribution in [-0.2, 0) is 26.2 Å². The Hall–Kier alpha value is -2.49. The molecule has 1 atom stereocenters. The Balaban J connectivity index is 1.91. The number of hydrogen-bond acceptors (Lipinski definition) is 5. The molecule has 1 fully saturated rings. The molecule has 37 heavy (non-hydrogen) atoms. The smallest absolute Gasteiger partial charge is 0.244 e. The van der Waals surface area contributed by atoms with Crippen molar-refractivity contribution in [1.29, 1.82) is 0 Å². The van der Waals surface area contributed by atoms with E-state index in [9.17, 15) is 18.0 Å². The summed E-state index contributed by atoms with van der Waals surface area (Å²) in [6.07, 6.45) is 6.04. The van der Waals surface area contributed by atoms with Crippen LogP contribution in [0.4, 0.5) is 5.69 Å². The summed E-state index contributed by atoms with van der Waals surface area (Å²) in [5.41, 5.74) is 0.822. The molecule has 0 aliphatic heterocycles. The number of rotatable bonds is 10. The van der Waals surface area contributed by atoms with Crippen LogP contribution >= 0.6 is 23.2 Å². The van der Waals surface area contributed by atoms with Crippen LogP contribution in [0.3, 0.4) is 0 Å². The summed E-state index contributed by atoms with van der Waals surface area (Å²) in [7, 11) is -2.37. The lowest BCUT2D eigenvalue weighted by Gasteiger charge is -2.33. The topological polar surface area (TPSA) is 96.0 Å². The van der Waals surface area contributed by atoms with Crippen molar-refractivity contribution in [3.05, 3.63) is 58.1 Å². The molecule has 1 aliphatic carbocycles. The number of ether oxygens (including phenoxy) is 1. The number of anilines is 1. The number of benzene rings is 2. The van der Waals surface area contributed by atoms with E-state index < -0.39 is 28.5 Å². The van der Waals surface area contributed by atoms with Crippen LogP contribution in [0.5, 0.6) is 5.75 Å². The Kier molecular flexibility index (Phi) is 10.1. The van der Waals surface area contributed by atoms with Gasteiger partial charge in [-0.25, -0.2) is 8.42 Å². The Labute approximate surface area is 228 Å². The molecule has 2 aromatic carbocycles. The number of carbonyl (C=O) groups is 2. The highest BCUT2D eigenvalue weighted by Gasteiger charge is 2.32. The third-order valence-corrected chi connectivity index (χ3v) is 8.14. The van der Waals surface area contributed by atoms with E-state index in [1.54, 1.807) is 32.2 Å². The van der Waals surface area contributed by atoms with Crippen molar-refractivity contribution in [3.63, 3.8) is 0 Å². The van der Waals surface area contributed by atoms with Gasteiger partial charge in [0.25, 0.3) is 0 Å². The van der Waals surface area contributed by atoms with Gasteiger partial charge in [0.1, 0.15) is 18.3 Å². The predicted octanol–water partition coefficient (Wildman–Crippen LogP) is 4.63. The second-order valence-corrected chi connectivity index (χ2v) is 12.0. The zero-order chi connectivity index (χ0) is 27.2. The van der Waals surface area contributed by atoms with Gasteiger partial charge < -0.3 is 15.0 Å². The normalized spacial score (nSPS) is 15.1. The number of nitrogens with one attached hydrogen (secondary N) is 1. The largest absolute Gasteiger partial charge is 0.497 e. The van der Waals surface area contributed by atoms with Crippen LogP contribution in [0, 0.1) is 0 Å². The first-order chi connectivity index (χ1) is 17.5. The predicted molar refractivity (Wildman–Crippen MR) is 147 cm³/mol. The molecule has 1 aliphatic rings. The van der Waals surface area contributed by atoms with Gasteiger partial charge in [0.05, 0.1) is 24.1 Å². The molecule has 0 aromatic heterocycles. The van der Waals surface area contributed by atoms with E-state index in [-0.39, 0.29) is 34.2 Å². The summed E-state index contributed by atoms with van der Waals surface area (Å²) in [6, 6.07) is 10.8. The maximum Gasteiger partial charge on any atom is 0.244 e. The van der Waals surface area contributed by atoms with Crippen LogP contribution < -0.4 is 14.4 Å². The van der Waals surface area contributed by atoms with Crippen LogP contribution in [0.25, 0.3) is 0 Å². The Morgan fingerprint density at radius 2 is 1.81 bits per heavy atom. The standard InChI is InChI=1S/C26H33Cl2N3O5S/c1-18(26(33)29-21-9-5-4-6-10-21)30(16-19-8-7-11-22(14-19)36-2)25(32)17-31(37(3,34)35)24-15-20(27)12-13-23(24)28/h7-8,11-15,18,21H,4-6,9-10,16-17H2,1-3H3,(H,29,33)/t18-/m1/s1. The number of nitrogens with zero attached hydrogens (tertiary/aromatic N) is 2. The van der Waals surface area contributed by atoms with Gasteiger partial charge in [0.2, 0.25) is 21.8 Å². The highest BCUT2D eigenvalue weighted by atomic mass is 35.5. The fourth-order valence-corrected chi connectivity index (χ4v) is 5.68. The van der Waals surface area contributed by atoms with Gasteiger partial charge >= 0.3 is 0 Å². The minimum absolute atomic E-state index is 0.0651. The average molecular weight is 571 g/mol. The first-order valence-corrected chi connectivity index (χ1v) is 14.8. The third-order valence-electron chi connectivity index (χ3n) is 6.46. The molecule has 2 aromatic rings.